The second-order valence-corrected chi connectivity index (χ2v) is 0.447. The fourth-order valence-electron chi connectivity index (χ4n) is 0. The van der Waals surface area contributed by atoms with E-state index < -0.39 is 0 Å². The summed E-state index contributed by atoms with van der Waals surface area (Å²) >= 11 is 0. The number of aliphatic hydroxyl groups excluding tert-OH is 2. The van der Waals surface area contributed by atoms with Crippen molar-refractivity contribution in [2.24, 2.45) is 0 Å². The van der Waals surface area contributed by atoms with Gasteiger partial charge in [-0.15, -0.1) is 0 Å². The zero-order chi connectivity index (χ0) is 3.41. The zero-order valence-electron chi connectivity index (χ0n) is 2.76. The molecule has 0 saturated carbocycles. The van der Waals surface area contributed by atoms with Gasteiger partial charge in [-0.1, -0.05) is 0 Å². The molecule has 2 nitrogen and oxygen atoms in total. The maximum absolute atomic E-state index is 7.62. The predicted octanol–water partition coefficient (Wildman–Crippen LogP) is -1.41. The summed E-state index contributed by atoms with van der Waals surface area (Å²) in [6.07, 6.45) is 0. The van der Waals surface area contributed by atoms with Crippen molar-refractivity contribution in [1.29, 1.82) is 0 Å². The van der Waals surface area contributed by atoms with Gasteiger partial charge in [0.05, 0.1) is 13.2 Å². The van der Waals surface area contributed by atoms with Crippen LogP contribution in [0.2, 0.25) is 0 Å². The van der Waals surface area contributed by atoms with Crippen molar-refractivity contribution >= 4 is 18.0 Å². The van der Waals surface area contributed by atoms with E-state index in [9.17, 15) is 0 Å². The third kappa shape index (κ3) is 12.6. The van der Waals surface area contributed by atoms with E-state index in [0.717, 1.165) is 0 Å². The van der Waals surface area contributed by atoms with Crippen LogP contribution in [0.4, 0.5) is 0 Å². The van der Waals surface area contributed by atoms with Gasteiger partial charge in [0.15, 0.2) is 0 Å². The molecule has 0 aromatic carbocycles. The van der Waals surface area contributed by atoms with Gasteiger partial charge >= 0.3 is 0 Å². The summed E-state index contributed by atoms with van der Waals surface area (Å²) in [5.41, 5.74) is 0. The van der Waals surface area contributed by atoms with Crippen LogP contribution in [-0.2, 0) is 0 Å². The molecule has 0 aliphatic rings. The Balaban J connectivity index is 0. The van der Waals surface area contributed by atoms with E-state index in [0.29, 0.717) is 0 Å². The van der Waals surface area contributed by atoms with Crippen molar-refractivity contribution in [3.8, 4) is 0 Å². The Morgan fingerprint density at radius 1 is 1.00 bits per heavy atom. The number of hydrogen-bond acceptors (Lipinski definition) is 2. The second-order valence-electron chi connectivity index (χ2n) is 0.447. The van der Waals surface area contributed by atoms with E-state index in [1.165, 1.54) is 0 Å². The van der Waals surface area contributed by atoms with Gasteiger partial charge < -0.3 is 10.2 Å². The predicted molar refractivity (Wildman–Crippen MR) is 19.9 cm³/mol. The molecular formula is C2H6AsO2. The molecule has 0 amide bonds. The second kappa shape index (κ2) is 8.82. The molecule has 0 atom stereocenters. The summed E-state index contributed by atoms with van der Waals surface area (Å²) in [6, 6.07) is 0. The standard InChI is InChI=1S/C2H6O2.As/c3-1-2-4;/h3-4H,1-2H2;. The molecule has 0 saturated heterocycles. The molecule has 0 bridgehead atoms. The van der Waals surface area contributed by atoms with Gasteiger partial charge in [-0.3, -0.25) is 0 Å². The topological polar surface area (TPSA) is 40.5 Å². The average molecular weight is 137 g/mol. The SMILES string of the molecule is OCCO.[As]. The van der Waals surface area contributed by atoms with Crippen LogP contribution in [0.25, 0.3) is 0 Å². The van der Waals surface area contributed by atoms with Gasteiger partial charge in [0, 0.05) is 18.0 Å². The van der Waals surface area contributed by atoms with E-state index in [2.05, 4.69) is 0 Å². The molecule has 0 fully saturated rings. The minimum absolute atomic E-state index is 0. The van der Waals surface area contributed by atoms with Crippen LogP contribution in [0.1, 0.15) is 0 Å². The van der Waals surface area contributed by atoms with Crippen LogP contribution < -0.4 is 0 Å². The third-order valence-corrected chi connectivity index (χ3v) is 0.1000. The summed E-state index contributed by atoms with van der Waals surface area (Å²) in [5.74, 6) is 0. The molecule has 3 radical (unpaired) electrons. The molecule has 0 aromatic rings. The van der Waals surface area contributed by atoms with Crippen LogP contribution in [-0.4, -0.2) is 41.4 Å². The quantitative estimate of drug-likeness (QED) is 0.436. The Morgan fingerprint density at radius 2 is 1.20 bits per heavy atom. The minimum atomic E-state index is -0.125. The first-order valence-electron chi connectivity index (χ1n) is 1.13. The van der Waals surface area contributed by atoms with Crippen molar-refractivity contribution < 1.29 is 10.2 Å². The van der Waals surface area contributed by atoms with E-state index in [1.54, 1.807) is 0 Å². The Kier molecular flexibility index (Phi) is 16.0. The molecule has 0 heterocycles. The molecule has 0 aliphatic heterocycles. The van der Waals surface area contributed by atoms with Crippen LogP contribution in [0.15, 0.2) is 0 Å². The molecular weight excluding hydrogens is 131 g/mol. The van der Waals surface area contributed by atoms with Crippen LogP contribution >= 0.6 is 0 Å². The number of aliphatic hydroxyl groups is 2. The molecule has 0 unspecified atom stereocenters. The average Bonchev–Trinajstić information content (AvgIpc) is 1.37. The van der Waals surface area contributed by atoms with Crippen molar-refractivity contribution in [3.63, 3.8) is 0 Å². The van der Waals surface area contributed by atoms with Gasteiger partial charge in [0.1, 0.15) is 0 Å². The minimum Gasteiger partial charge on any atom is -0.394 e. The van der Waals surface area contributed by atoms with Crippen molar-refractivity contribution in [3.05, 3.63) is 0 Å². The zero-order valence-corrected chi connectivity index (χ0v) is 4.63. The molecule has 0 aromatic heterocycles. The smallest absolute Gasteiger partial charge is 0.0662 e. The van der Waals surface area contributed by atoms with E-state index in [-0.39, 0.29) is 31.2 Å². The van der Waals surface area contributed by atoms with E-state index in [4.69, 9.17) is 10.2 Å². The Labute approximate surface area is 42.1 Å². The fraction of sp³-hybridized carbons (Fsp3) is 1.00. The molecule has 0 spiro atoms. The molecule has 2 N–H and O–H groups in total. The summed E-state index contributed by atoms with van der Waals surface area (Å²) in [7, 11) is 0. The third-order valence-electron chi connectivity index (χ3n) is 0.1000. The molecule has 31 valence electrons. The first-order valence-corrected chi connectivity index (χ1v) is 1.13. The molecule has 0 aliphatic carbocycles. The van der Waals surface area contributed by atoms with Gasteiger partial charge in [-0.05, 0) is 0 Å². The maximum Gasteiger partial charge on any atom is 0.0662 e. The van der Waals surface area contributed by atoms with Crippen LogP contribution in [0.3, 0.4) is 0 Å². The summed E-state index contributed by atoms with van der Waals surface area (Å²) in [5, 5.41) is 15.2. The first kappa shape index (κ1) is 9.08. The van der Waals surface area contributed by atoms with Gasteiger partial charge in [-0.2, -0.15) is 0 Å². The first-order chi connectivity index (χ1) is 1.91. The van der Waals surface area contributed by atoms with Crippen molar-refractivity contribution in [1.82, 2.24) is 0 Å². The van der Waals surface area contributed by atoms with Gasteiger partial charge in [-0.25, -0.2) is 0 Å². The fourth-order valence-corrected chi connectivity index (χ4v) is 0. The van der Waals surface area contributed by atoms with Gasteiger partial charge in [0.2, 0.25) is 0 Å². The van der Waals surface area contributed by atoms with E-state index >= 15 is 0 Å². The number of hydrogen-bond donors (Lipinski definition) is 2. The van der Waals surface area contributed by atoms with Crippen molar-refractivity contribution in [2.75, 3.05) is 13.2 Å². The number of rotatable bonds is 1. The largest absolute Gasteiger partial charge is 0.394 e. The monoisotopic (exact) mass is 137 g/mol. The molecule has 3 heteroatoms. The van der Waals surface area contributed by atoms with Crippen LogP contribution in [0, 0.1) is 0 Å². The Morgan fingerprint density at radius 3 is 1.20 bits per heavy atom. The summed E-state index contributed by atoms with van der Waals surface area (Å²) in [6.45, 7) is -0.250. The van der Waals surface area contributed by atoms with Crippen LogP contribution in [0.5, 0.6) is 0 Å². The normalized spacial score (nSPS) is 6.00. The molecule has 0 rings (SSSR count). The Bertz CT molecular complexity index is 9.61. The molecule has 5 heavy (non-hydrogen) atoms. The summed E-state index contributed by atoms with van der Waals surface area (Å²) in [4.78, 5) is 0. The maximum atomic E-state index is 7.62. The van der Waals surface area contributed by atoms with Crippen molar-refractivity contribution in [2.45, 2.75) is 0 Å². The van der Waals surface area contributed by atoms with Gasteiger partial charge in [0.25, 0.3) is 0 Å². The van der Waals surface area contributed by atoms with E-state index in [1.807, 2.05) is 0 Å². The summed E-state index contributed by atoms with van der Waals surface area (Å²) < 4.78 is 0. The Hall–Kier alpha value is 0.478.